The van der Waals surface area contributed by atoms with Gasteiger partial charge in [0.05, 0.1) is 11.6 Å². The number of benzene rings is 2. The number of rotatable bonds is 6. The quantitative estimate of drug-likeness (QED) is 0.748. The number of hydrogen-bond acceptors (Lipinski definition) is 3. The summed E-state index contributed by atoms with van der Waals surface area (Å²) in [5.74, 6) is 0.477. The topological polar surface area (TPSA) is 35.5 Å². The summed E-state index contributed by atoms with van der Waals surface area (Å²) in [6, 6.07) is 9.06. The summed E-state index contributed by atoms with van der Waals surface area (Å²) in [5.41, 5.74) is 1.21. The Balaban J connectivity index is 2.21. The van der Waals surface area contributed by atoms with Gasteiger partial charge >= 0.3 is 0 Å². The Morgan fingerprint density at radius 1 is 1.19 bits per heavy atom. The Morgan fingerprint density at radius 3 is 2.52 bits per heavy atom. The highest BCUT2D eigenvalue weighted by molar-refractivity contribution is 6.32. The maximum atomic E-state index is 12.8. The van der Waals surface area contributed by atoms with E-state index in [1.807, 2.05) is 6.92 Å². The lowest BCUT2D eigenvalue weighted by molar-refractivity contribution is 0.112. The minimum absolute atomic E-state index is 0.223. The Kier molecular flexibility index (Phi) is 5.17. The summed E-state index contributed by atoms with van der Waals surface area (Å²) >= 11 is 6.12. The van der Waals surface area contributed by atoms with Crippen molar-refractivity contribution in [1.29, 1.82) is 0 Å². The summed E-state index contributed by atoms with van der Waals surface area (Å²) in [6.45, 7) is 2.47. The van der Waals surface area contributed by atoms with E-state index < -0.39 is 0 Å². The smallest absolute Gasteiger partial charge is 0.180 e. The van der Waals surface area contributed by atoms with Gasteiger partial charge < -0.3 is 9.47 Å². The van der Waals surface area contributed by atoms with E-state index in [9.17, 15) is 9.18 Å². The van der Waals surface area contributed by atoms with Crippen molar-refractivity contribution in [2.75, 3.05) is 6.61 Å². The second kappa shape index (κ2) is 7.09. The molecule has 0 spiro atoms. The van der Waals surface area contributed by atoms with Crippen LogP contribution < -0.4 is 9.47 Å². The van der Waals surface area contributed by atoms with Crippen molar-refractivity contribution >= 4 is 17.9 Å². The first-order valence-corrected chi connectivity index (χ1v) is 6.80. The van der Waals surface area contributed by atoms with Crippen LogP contribution in [0.1, 0.15) is 22.8 Å². The van der Waals surface area contributed by atoms with Crippen molar-refractivity contribution in [3.05, 3.63) is 58.4 Å². The summed E-state index contributed by atoms with van der Waals surface area (Å²) in [4.78, 5) is 10.8. The monoisotopic (exact) mass is 308 g/mol. The molecule has 2 rings (SSSR count). The van der Waals surface area contributed by atoms with Crippen molar-refractivity contribution < 1.29 is 18.7 Å². The minimum atomic E-state index is -0.304. The molecule has 0 aliphatic heterocycles. The zero-order valence-electron chi connectivity index (χ0n) is 11.4. The van der Waals surface area contributed by atoms with Gasteiger partial charge in [-0.2, -0.15) is 0 Å². The molecule has 0 saturated carbocycles. The lowest BCUT2D eigenvalue weighted by atomic mass is 10.2. The van der Waals surface area contributed by atoms with E-state index in [0.29, 0.717) is 35.0 Å². The maximum Gasteiger partial charge on any atom is 0.180 e. The molecular weight excluding hydrogens is 295 g/mol. The van der Waals surface area contributed by atoms with Crippen LogP contribution in [0.3, 0.4) is 0 Å². The first-order chi connectivity index (χ1) is 10.1. The SMILES string of the molecule is CCOc1cc(C=O)cc(Cl)c1OCc1ccc(F)cc1. The summed E-state index contributed by atoms with van der Waals surface area (Å²) in [7, 11) is 0. The third-order valence-electron chi connectivity index (χ3n) is 2.76. The molecule has 0 bridgehead atoms. The number of aldehydes is 1. The first kappa shape index (κ1) is 15.3. The first-order valence-electron chi connectivity index (χ1n) is 6.42. The standard InChI is InChI=1S/C16H14ClFO3/c1-2-20-15-8-12(9-19)7-14(17)16(15)21-10-11-3-5-13(18)6-4-11/h3-9H,2,10H2,1H3. The molecule has 3 nitrogen and oxygen atoms in total. The van der Waals surface area contributed by atoms with Crippen LogP contribution in [0.2, 0.25) is 5.02 Å². The second-order valence-electron chi connectivity index (χ2n) is 4.30. The molecule has 21 heavy (non-hydrogen) atoms. The van der Waals surface area contributed by atoms with Gasteiger partial charge in [0.25, 0.3) is 0 Å². The van der Waals surface area contributed by atoms with E-state index in [1.54, 1.807) is 18.2 Å². The molecule has 110 valence electrons. The zero-order valence-corrected chi connectivity index (χ0v) is 12.2. The van der Waals surface area contributed by atoms with Crippen molar-refractivity contribution in [3.8, 4) is 11.5 Å². The van der Waals surface area contributed by atoms with Crippen LogP contribution in [-0.4, -0.2) is 12.9 Å². The Morgan fingerprint density at radius 2 is 1.90 bits per heavy atom. The maximum absolute atomic E-state index is 12.8. The van der Waals surface area contributed by atoms with Gasteiger partial charge in [0.1, 0.15) is 18.7 Å². The highest BCUT2D eigenvalue weighted by atomic mass is 35.5. The molecule has 0 N–H and O–H groups in total. The van der Waals surface area contributed by atoms with Gasteiger partial charge in [0, 0.05) is 5.56 Å². The van der Waals surface area contributed by atoms with E-state index in [-0.39, 0.29) is 12.4 Å². The van der Waals surface area contributed by atoms with Crippen LogP contribution in [-0.2, 0) is 6.61 Å². The molecule has 0 unspecified atom stereocenters. The van der Waals surface area contributed by atoms with Gasteiger partial charge in [-0.05, 0) is 36.8 Å². The van der Waals surface area contributed by atoms with Crippen LogP contribution in [0.25, 0.3) is 0 Å². The molecule has 2 aromatic carbocycles. The van der Waals surface area contributed by atoms with Crippen LogP contribution in [0.15, 0.2) is 36.4 Å². The summed E-state index contributed by atoms with van der Waals surface area (Å²) < 4.78 is 23.9. The van der Waals surface area contributed by atoms with Crippen molar-refractivity contribution in [3.63, 3.8) is 0 Å². The van der Waals surface area contributed by atoms with Crippen LogP contribution >= 0.6 is 11.6 Å². The fourth-order valence-electron chi connectivity index (χ4n) is 1.80. The third-order valence-corrected chi connectivity index (χ3v) is 3.04. The third kappa shape index (κ3) is 3.95. The van der Waals surface area contributed by atoms with Crippen LogP contribution in [0.5, 0.6) is 11.5 Å². The van der Waals surface area contributed by atoms with E-state index in [4.69, 9.17) is 21.1 Å². The average Bonchev–Trinajstić information content (AvgIpc) is 2.48. The van der Waals surface area contributed by atoms with Crippen molar-refractivity contribution in [1.82, 2.24) is 0 Å². The molecular formula is C16H14ClFO3. The molecule has 0 saturated heterocycles. The lowest BCUT2D eigenvalue weighted by Gasteiger charge is -2.14. The van der Waals surface area contributed by atoms with Gasteiger partial charge in [-0.25, -0.2) is 4.39 Å². The Hall–Kier alpha value is -2.07. The molecule has 0 amide bonds. The number of hydrogen-bond donors (Lipinski definition) is 0. The number of carbonyl (C=O) groups excluding carboxylic acids is 1. The van der Waals surface area contributed by atoms with Crippen molar-refractivity contribution in [2.24, 2.45) is 0 Å². The predicted molar refractivity (Wildman–Crippen MR) is 78.7 cm³/mol. The molecule has 0 atom stereocenters. The minimum Gasteiger partial charge on any atom is -0.490 e. The second-order valence-corrected chi connectivity index (χ2v) is 4.70. The van der Waals surface area contributed by atoms with E-state index >= 15 is 0 Å². The van der Waals surface area contributed by atoms with E-state index in [1.165, 1.54) is 18.2 Å². The van der Waals surface area contributed by atoms with Gasteiger partial charge in [0.15, 0.2) is 11.5 Å². The largest absolute Gasteiger partial charge is 0.490 e. The normalized spacial score (nSPS) is 10.2. The molecule has 0 fully saturated rings. The molecule has 0 aliphatic rings. The summed E-state index contributed by atoms with van der Waals surface area (Å²) in [6.07, 6.45) is 0.693. The molecule has 0 heterocycles. The molecule has 0 aliphatic carbocycles. The Labute approximate surface area is 127 Å². The highest BCUT2D eigenvalue weighted by Gasteiger charge is 2.12. The predicted octanol–water partition coefficient (Wildman–Crippen LogP) is 4.27. The van der Waals surface area contributed by atoms with E-state index in [2.05, 4.69) is 0 Å². The summed E-state index contributed by atoms with van der Waals surface area (Å²) in [5, 5.41) is 0.296. The molecule has 5 heteroatoms. The van der Waals surface area contributed by atoms with Crippen LogP contribution in [0, 0.1) is 5.82 Å². The van der Waals surface area contributed by atoms with Crippen LogP contribution in [0.4, 0.5) is 4.39 Å². The number of halogens is 2. The van der Waals surface area contributed by atoms with Crippen molar-refractivity contribution in [2.45, 2.75) is 13.5 Å². The fraction of sp³-hybridized carbons (Fsp3) is 0.188. The van der Waals surface area contributed by atoms with Gasteiger partial charge in [-0.3, -0.25) is 4.79 Å². The molecule has 2 aromatic rings. The number of carbonyl (C=O) groups is 1. The lowest BCUT2D eigenvalue weighted by Crippen LogP contribution is -2.01. The zero-order chi connectivity index (χ0) is 15.2. The highest BCUT2D eigenvalue weighted by Crippen LogP contribution is 2.36. The number of ether oxygens (including phenoxy) is 2. The van der Waals surface area contributed by atoms with Gasteiger partial charge in [-0.15, -0.1) is 0 Å². The molecule has 0 radical (unpaired) electrons. The van der Waals surface area contributed by atoms with E-state index in [0.717, 1.165) is 5.56 Å². The average molecular weight is 309 g/mol. The Bertz CT molecular complexity index is 626. The van der Waals surface area contributed by atoms with Gasteiger partial charge in [0.2, 0.25) is 0 Å². The van der Waals surface area contributed by atoms with Gasteiger partial charge in [-0.1, -0.05) is 23.7 Å². The fourth-order valence-corrected chi connectivity index (χ4v) is 2.07. The molecule has 0 aromatic heterocycles.